The summed E-state index contributed by atoms with van der Waals surface area (Å²) in [5, 5.41) is 0. The second-order valence-electron chi connectivity index (χ2n) is 4.44. The molecule has 0 saturated heterocycles. The molecular formula is C15H8N2O2. The lowest BCUT2D eigenvalue weighted by Crippen LogP contribution is -2.21. The van der Waals surface area contributed by atoms with Crippen LogP contribution in [0.4, 0.5) is 0 Å². The number of nitrogens with zero attached hydrogens (tertiary/aromatic N) is 2. The molecule has 1 aliphatic carbocycles. The molecule has 0 spiro atoms. The van der Waals surface area contributed by atoms with Crippen molar-refractivity contribution in [3.05, 3.63) is 70.1 Å². The Balaban J connectivity index is 2.23. The van der Waals surface area contributed by atoms with E-state index in [0.29, 0.717) is 16.9 Å². The van der Waals surface area contributed by atoms with Gasteiger partial charge in [0.1, 0.15) is 11.2 Å². The van der Waals surface area contributed by atoms with Crippen molar-refractivity contribution in [2.75, 3.05) is 0 Å². The summed E-state index contributed by atoms with van der Waals surface area (Å²) >= 11 is 0. The van der Waals surface area contributed by atoms with Crippen LogP contribution in [0.25, 0.3) is 16.9 Å². The molecule has 0 atom stereocenters. The van der Waals surface area contributed by atoms with E-state index >= 15 is 0 Å². The van der Waals surface area contributed by atoms with Gasteiger partial charge in [-0.2, -0.15) is 0 Å². The lowest BCUT2D eigenvalue weighted by Gasteiger charge is -2.02. The van der Waals surface area contributed by atoms with Crippen molar-refractivity contribution in [3.8, 4) is 11.3 Å². The van der Waals surface area contributed by atoms with Crippen LogP contribution in [-0.2, 0) is 0 Å². The van der Waals surface area contributed by atoms with E-state index in [9.17, 15) is 9.59 Å². The molecule has 3 aromatic rings. The van der Waals surface area contributed by atoms with Crippen LogP contribution in [0, 0.1) is 0 Å². The minimum absolute atomic E-state index is 0.171. The van der Waals surface area contributed by atoms with Crippen LogP contribution in [0.15, 0.2) is 53.5 Å². The lowest BCUT2D eigenvalue weighted by atomic mass is 10.1. The van der Waals surface area contributed by atoms with Crippen LogP contribution in [-0.4, -0.2) is 15.2 Å². The van der Waals surface area contributed by atoms with E-state index in [0.717, 1.165) is 5.56 Å². The quantitative estimate of drug-likeness (QED) is 0.477. The van der Waals surface area contributed by atoms with Gasteiger partial charge in [-0.25, -0.2) is 4.98 Å². The summed E-state index contributed by atoms with van der Waals surface area (Å²) in [7, 11) is 0. The standard InChI is InChI=1S/C15H8N2O2/c18-14-10-6-2-1-5-9(10)13-12(14)15(19)17-8-4-3-7-11(17)16-13/h1-8H. The van der Waals surface area contributed by atoms with Crippen molar-refractivity contribution >= 4 is 11.4 Å². The van der Waals surface area contributed by atoms with Crippen molar-refractivity contribution in [2.24, 2.45) is 0 Å². The Kier molecular flexibility index (Phi) is 1.82. The molecule has 0 aliphatic heterocycles. The van der Waals surface area contributed by atoms with E-state index in [4.69, 9.17) is 0 Å². The predicted molar refractivity (Wildman–Crippen MR) is 70.3 cm³/mol. The number of hydrogen-bond acceptors (Lipinski definition) is 3. The summed E-state index contributed by atoms with van der Waals surface area (Å²) in [6.07, 6.45) is 1.63. The van der Waals surface area contributed by atoms with E-state index in [1.54, 1.807) is 30.5 Å². The minimum atomic E-state index is -0.304. The first-order chi connectivity index (χ1) is 9.27. The van der Waals surface area contributed by atoms with Crippen molar-refractivity contribution in [3.63, 3.8) is 0 Å². The second kappa shape index (κ2) is 3.38. The molecule has 19 heavy (non-hydrogen) atoms. The zero-order valence-electron chi connectivity index (χ0n) is 9.83. The van der Waals surface area contributed by atoms with Crippen LogP contribution in [0.2, 0.25) is 0 Å². The third-order valence-corrected chi connectivity index (χ3v) is 3.39. The molecule has 0 bridgehead atoms. The van der Waals surface area contributed by atoms with Crippen molar-refractivity contribution in [1.29, 1.82) is 0 Å². The summed E-state index contributed by atoms with van der Waals surface area (Å²) in [6, 6.07) is 12.5. The van der Waals surface area contributed by atoms with Gasteiger partial charge in [-0.3, -0.25) is 14.0 Å². The fraction of sp³-hybridized carbons (Fsp3) is 0. The molecular weight excluding hydrogens is 240 g/mol. The van der Waals surface area contributed by atoms with E-state index in [-0.39, 0.29) is 16.9 Å². The molecule has 0 radical (unpaired) electrons. The summed E-state index contributed by atoms with van der Waals surface area (Å²) < 4.78 is 1.41. The molecule has 0 N–H and O–H groups in total. The van der Waals surface area contributed by atoms with Gasteiger partial charge in [0.2, 0.25) is 5.78 Å². The molecule has 1 aromatic carbocycles. The van der Waals surface area contributed by atoms with Gasteiger partial charge in [0.15, 0.2) is 0 Å². The van der Waals surface area contributed by atoms with Crippen molar-refractivity contribution in [1.82, 2.24) is 9.38 Å². The molecule has 4 heteroatoms. The number of carbonyl (C=O) groups is 1. The predicted octanol–water partition coefficient (Wildman–Crippen LogP) is 1.91. The third kappa shape index (κ3) is 1.20. The summed E-state index contributed by atoms with van der Waals surface area (Å²) in [4.78, 5) is 29.2. The van der Waals surface area contributed by atoms with Gasteiger partial charge in [-0.05, 0) is 12.1 Å². The van der Waals surface area contributed by atoms with Crippen LogP contribution < -0.4 is 5.56 Å². The van der Waals surface area contributed by atoms with Gasteiger partial charge in [0.05, 0.1) is 5.69 Å². The second-order valence-corrected chi connectivity index (χ2v) is 4.44. The van der Waals surface area contributed by atoms with Gasteiger partial charge in [-0.1, -0.05) is 30.3 Å². The Bertz CT molecular complexity index is 909. The number of hydrogen-bond donors (Lipinski definition) is 0. The lowest BCUT2D eigenvalue weighted by molar-refractivity contribution is 0.104. The molecule has 0 amide bonds. The molecule has 90 valence electrons. The van der Waals surface area contributed by atoms with Crippen molar-refractivity contribution < 1.29 is 4.79 Å². The van der Waals surface area contributed by atoms with Crippen LogP contribution in [0.3, 0.4) is 0 Å². The molecule has 0 saturated carbocycles. The highest BCUT2D eigenvalue weighted by molar-refractivity contribution is 6.20. The number of carbonyl (C=O) groups excluding carboxylic acids is 1. The first-order valence-electron chi connectivity index (χ1n) is 5.93. The number of rotatable bonds is 0. The maximum Gasteiger partial charge on any atom is 0.269 e. The summed E-state index contributed by atoms with van der Waals surface area (Å²) in [5.74, 6) is -0.235. The zero-order valence-corrected chi connectivity index (χ0v) is 9.83. The highest BCUT2D eigenvalue weighted by Gasteiger charge is 2.31. The van der Waals surface area contributed by atoms with E-state index in [1.807, 2.05) is 18.2 Å². The van der Waals surface area contributed by atoms with Gasteiger partial charge in [0, 0.05) is 17.3 Å². The topological polar surface area (TPSA) is 51.4 Å². The van der Waals surface area contributed by atoms with E-state index in [2.05, 4.69) is 4.98 Å². The monoisotopic (exact) mass is 248 g/mol. The van der Waals surface area contributed by atoms with Crippen LogP contribution in [0.5, 0.6) is 0 Å². The maximum atomic E-state index is 12.4. The highest BCUT2D eigenvalue weighted by Crippen LogP contribution is 2.32. The number of ketones is 1. The molecule has 4 rings (SSSR count). The molecule has 2 heterocycles. The Labute approximate surface area is 108 Å². The minimum Gasteiger partial charge on any atom is -0.288 e. The summed E-state index contributed by atoms with van der Waals surface area (Å²) in [5.41, 5.74) is 2.21. The molecule has 4 nitrogen and oxygen atoms in total. The van der Waals surface area contributed by atoms with E-state index < -0.39 is 0 Å². The number of aromatic nitrogens is 2. The number of benzene rings is 1. The first kappa shape index (κ1) is 10.2. The van der Waals surface area contributed by atoms with E-state index in [1.165, 1.54) is 4.40 Å². The Morgan fingerprint density at radius 3 is 2.47 bits per heavy atom. The van der Waals surface area contributed by atoms with Crippen LogP contribution >= 0.6 is 0 Å². The first-order valence-corrected chi connectivity index (χ1v) is 5.93. The molecule has 0 fully saturated rings. The highest BCUT2D eigenvalue weighted by atomic mass is 16.1. The van der Waals surface area contributed by atoms with Gasteiger partial charge >= 0.3 is 0 Å². The summed E-state index contributed by atoms with van der Waals surface area (Å²) in [6.45, 7) is 0. The fourth-order valence-electron chi connectivity index (χ4n) is 2.51. The van der Waals surface area contributed by atoms with Gasteiger partial charge in [0.25, 0.3) is 5.56 Å². The number of fused-ring (bicyclic) bond motifs is 4. The Hall–Kier alpha value is -2.75. The average molecular weight is 248 g/mol. The zero-order chi connectivity index (χ0) is 13.0. The van der Waals surface area contributed by atoms with Gasteiger partial charge in [-0.15, -0.1) is 0 Å². The molecule has 0 unspecified atom stereocenters. The van der Waals surface area contributed by atoms with Crippen molar-refractivity contribution in [2.45, 2.75) is 0 Å². The number of pyridine rings is 1. The smallest absolute Gasteiger partial charge is 0.269 e. The Morgan fingerprint density at radius 1 is 0.895 bits per heavy atom. The molecule has 1 aliphatic rings. The molecule has 2 aromatic heterocycles. The van der Waals surface area contributed by atoms with Crippen LogP contribution in [0.1, 0.15) is 15.9 Å². The Morgan fingerprint density at radius 2 is 1.63 bits per heavy atom. The van der Waals surface area contributed by atoms with Gasteiger partial charge < -0.3 is 0 Å². The normalized spacial score (nSPS) is 12.5. The largest absolute Gasteiger partial charge is 0.288 e. The fourth-order valence-corrected chi connectivity index (χ4v) is 2.51. The average Bonchev–Trinajstić information content (AvgIpc) is 2.74. The maximum absolute atomic E-state index is 12.4. The SMILES string of the molecule is O=C1c2ccccc2-c2nc3ccccn3c(=O)c21. The third-order valence-electron chi connectivity index (χ3n) is 3.39.